The molecule has 5 nitrogen and oxygen atoms in total. The first-order chi connectivity index (χ1) is 10.8. The van der Waals surface area contributed by atoms with Gasteiger partial charge in [-0.05, 0) is 34.7 Å². The van der Waals surface area contributed by atoms with Crippen LogP contribution in [0.1, 0.15) is 61.0 Å². The maximum atomic E-state index is 11.2. The predicted molar refractivity (Wildman–Crippen MR) is 99.1 cm³/mol. The van der Waals surface area contributed by atoms with Gasteiger partial charge in [-0.2, -0.15) is 0 Å². The Bertz CT molecular complexity index is 515. The van der Waals surface area contributed by atoms with Crippen molar-refractivity contribution in [1.82, 2.24) is 4.90 Å². The van der Waals surface area contributed by atoms with Gasteiger partial charge in [0, 0.05) is 29.3 Å². The zero-order valence-electron chi connectivity index (χ0n) is 16.1. The second kappa shape index (κ2) is 8.87. The molecule has 2 atom stereocenters. The number of hydrogen-bond acceptors (Lipinski definition) is 4. The van der Waals surface area contributed by atoms with E-state index in [2.05, 4.69) is 45.0 Å². The summed E-state index contributed by atoms with van der Waals surface area (Å²) in [5.74, 6) is 0. The summed E-state index contributed by atoms with van der Waals surface area (Å²) in [4.78, 5) is 13.2. The molecule has 0 saturated carbocycles. The maximum absolute atomic E-state index is 11.2. The van der Waals surface area contributed by atoms with Gasteiger partial charge in [-0.1, -0.05) is 39.8 Å². The van der Waals surface area contributed by atoms with Crippen LogP contribution in [0.2, 0.25) is 0 Å². The maximum Gasteiger partial charge on any atom is 0.292 e. The summed E-state index contributed by atoms with van der Waals surface area (Å²) in [5, 5.41) is 14.5. The molecule has 132 valence electrons. The Morgan fingerprint density at radius 1 is 1.17 bits per heavy atom. The van der Waals surface area contributed by atoms with E-state index in [1.165, 1.54) is 0 Å². The van der Waals surface area contributed by atoms with Crippen LogP contribution in [-0.4, -0.2) is 29.0 Å². The second-order valence-corrected chi connectivity index (χ2v) is 5.80. The highest BCUT2D eigenvalue weighted by Crippen LogP contribution is 2.41. The minimum atomic E-state index is -0.315. The first kappa shape index (κ1) is 21.4. The van der Waals surface area contributed by atoms with Crippen molar-refractivity contribution in [2.45, 2.75) is 73.0 Å². The lowest BCUT2D eigenvalue weighted by atomic mass is 9.90. The summed E-state index contributed by atoms with van der Waals surface area (Å²) in [5.41, 5.74) is 1.53. The van der Waals surface area contributed by atoms with E-state index >= 15 is 0 Å². The molecule has 0 radical (unpaired) electrons. The molecule has 23 heavy (non-hydrogen) atoms. The van der Waals surface area contributed by atoms with Crippen LogP contribution in [0, 0.1) is 10.1 Å². The Labute approximate surface area is 141 Å². The molecule has 0 spiro atoms. The minimum Gasteiger partial charge on any atom is -0.375 e. The monoisotopic (exact) mass is 323 g/mol. The highest BCUT2D eigenvalue weighted by atomic mass is 16.6. The summed E-state index contributed by atoms with van der Waals surface area (Å²) in [6.45, 7) is 16.4. The Morgan fingerprint density at radius 2 is 1.70 bits per heavy atom. The lowest BCUT2D eigenvalue weighted by Crippen LogP contribution is -2.47. The second-order valence-electron chi connectivity index (χ2n) is 5.80. The largest absolute Gasteiger partial charge is 0.375 e. The van der Waals surface area contributed by atoms with Crippen LogP contribution in [0.5, 0.6) is 0 Å². The van der Waals surface area contributed by atoms with Crippen LogP contribution in [0.4, 0.5) is 11.4 Å². The minimum absolute atomic E-state index is 0.145. The van der Waals surface area contributed by atoms with E-state index < -0.39 is 0 Å². The van der Waals surface area contributed by atoms with E-state index in [1.54, 1.807) is 12.1 Å². The number of fused-ring (bicyclic) bond motifs is 1. The molecule has 1 N–H and O–H groups in total. The summed E-state index contributed by atoms with van der Waals surface area (Å²) in [6, 6.07) is 5.71. The first-order valence-corrected chi connectivity index (χ1v) is 8.54. The third-order valence-electron chi connectivity index (χ3n) is 4.49. The van der Waals surface area contributed by atoms with Gasteiger partial charge in [-0.15, -0.1) is 0 Å². The highest BCUT2D eigenvalue weighted by molar-refractivity contribution is 5.69. The van der Waals surface area contributed by atoms with E-state index in [9.17, 15) is 10.1 Å². The lowest BCUT2D eigenvalue weighted by Gasteiger charge is -2.39. The Morgan fingerprint density at radius 3 is 2.17 bits per heavy atom. The molecule has 2 rings (SSSR count). The molecule has 0 aromatic heterocycles. The molecule has 0 fully saturated rings. The number of nitrogens with one attached hydrogen (secondary N) is 1. The van der Waals surface area contributed by atoms with Gasteiger partial charge in [0.1, 0.15) is 5.69 Å². The van der Waals surface area contributed by atoms with Gasteiger partial charge in [0.25, 0.3) is 5.69 Å². The van der Waals surface area contributed by atoms with Gasteiger partial charge in [-0.3, -0.25) is 15.0 Å². The Hall–Kier alpha value is -1.62. The fourth-order valence-corrected chi connectivity index (χ4v) is 2.74. The van der Waals surface area contributed by atoms with Crippen molar-refractivity contribution in [3.05, 3.63) is 33.9 Å². The topological polar surface area (TPSA) is 58.4 Å². The van der Waals surface area contributed by atoms with Crippen LogP contribution >= 0.6 is 0 Å². The lowest BCUT2D eigenvalue weighted by molar-refractivity contribution is -0.384. The van der Waals surface area contributed by atoms with Gasteiger partial charge in [-0.25, -0.2) is 0 Å². The zero-order chi connectivity index (χ0) is 18.4. The molecule has 0 amide bonds. The first-order valence-electron chi connectivity index (χ1n) is 8.54. The molecule has 1 aliphatic rings. The van der Waals surface area contributed by atoms with Gasteiger partial charge < -0.3 is 5.32 Å². The molecular formula is C18H33N3O2. The van der Waals surface area contributed by atoms with Gasteiger partial charge in [0.05, 0.1) is 4.92 Å². The average molecular weight is 323 g/mol. The fraction of sp³-hybridized carbons (Fsp3) is 0.667. The third kappa shape index (κ3) is 4.22. The summed E-state index contributed by atoms with van der Waals surface area (Å²) < 4.78 is 0. The molecule has 0 bridgehead atoms. The van der Waals surface area contributed by atoms with Crippen molar-refractivity contribution in [3.63, 3.8) is 0 Å². The molecule has 1 aromatic carbocycles. The average Bonchev–Trinajstić information content (AvgIpc) is 2.61. The van der Waals surface area contributed by atoms with Gasteiger partial charge >= 0.3 is 0 Å². The normalized spacial score (nSPS) is 22.1. The van der Waals surface area contributed by atoms with Crippen LogP contribution in [0.3, 0.4) is 0 Å². The number of para-hydroxylation sites is 1. The SMILES string of the molecule is CC.CC.CC1Nc2c([N+](=O)[O-])cccc2C(C)(C)N(C)C1C. The van der Waals surface area contributed by atoms with Crippen LogP contribution in [0.25, 0.3) is 0 Å². The fourth-order valence-electron chi connectivity index (χ4n) is 2.74. The number of likely N-dealkylation sites (N-methyl/N-ethyl adjacent to an activating group) is 1. The van der Waals surface area contributed by atoms with E-state index in [4.69, 9.17) is 0 Å². The third-order valence-corrected chi connectivity index (χ3v) is 4.49. The highest BCUT2D eigenvalue weighted by Gasteiger charge is 2.39. The Kier molecular flexibility index (Phi) is 8.24. The molecule has 1 aliphatic heterocycles. The van der Waals surface area contributed by atoms with Crippen molar-refractivity contribution in [2.24, 2.45) is 0 Å². The summed E-state index contributed by atoms with van der Waals surface area (Å²) in [7, 11) is 2.07. The van der Waals surface area contributed by atoms with E-state index in [1.807, 2.05) is 33.8 Å². The standard InChI is InChI=1S/C14H21N3O2.2C2H6/c1-9-10(2)16(5)14(3,4)11-7-6-8-12(17(18)19)13(11)15-9;2*1-2/h6-10,15H,1-5H3;2*1-2H3. The number of hydrogen-bond donors (Lipinski definition) is 1. The molecule has 2 unspecified atom stereocenters. The van der Waals surface area contributed by atoms with Crippen molar-refractivity contribution in [1.29, 1.82) is 0 Å². The van der Waals surface area contributed by atoms with Crippen molar-refractivity contribution >= 4 is 11.4 Å². The van der Waals surface area contributed by atoms with Crippen LogP contribution < -0.4 is 5.32 Å². The van der Waals surface area contributed by atoms with Crippen molar-refractivity contribution in [3.8, 4) is 0 Å². The number of rotatable bonds is 1. The van der Waals surface area contributed by atoms with Crippen molar-refractivity contribution in [2.75, 3.05) is 12.4 Å². The van der Waals surface area contributed by atoms with Crippen molar-refractivity contribution < 1.29 is 4.92 Å². The number of nitro groups is 1. The molecule has 0 saturated heterocycles. The number of benzene rings is 1. The molecule has 0 aliphatic carbocycles. The Balaban J connectivity index is 0.00000112. The number of anilines is 1. The van der Waals surface area contributed by atoms with E-state index in [-0.39, 0.29) is 28.2 Å². The smallest absolute Gasteiger partial charge is 0.292 e. The summed E-state index contributed by atoms with van der Waals surface area (Å²) >= 11 is 0. The van der Waals surface area contributed by atoms with Crippen LogP contribution in [-0.2, 0) is 5.54 Å². The quantitative estimate of drug-likeness (QED) is 0.582. The predicted octanol–water partition coefficient (Wildman–Crippen LogP) is 5.02. The molecule has 1 heterocycles. The van der Waals surface area contributed by atoms with Gasteiger partial charge in [0.15, 0.2) is 0 Å². The molecular weight excluding hydrogens is 290 g/mol. The number of nitrogens with zero attached hydrogens (tertiary/aromatic N) is 2. The molecule has 5 heteroatoms. The number of nitro benzene ring substituents is 1. The van der Waals surface area contributed by atoms with Gasteiger partial charge in [0.2, 0.25) is 0 Å². The van der Waals surface area contributed by atoms with Crippen LogP contribution in [0.15, 0.2) is 18.2 Å². The summed E-state index contributed by atoms with van der Waals surface area (Å²) in [6.07, 6.45) is 0. The van der Waals surface area contributed by atoms with E-state index in [0.717, 1.165) is 5.56 Å². The molecule has 1 aromatic rings. The van der Waals surface area contributed by atoms with E-state index in [0.29, 0.717) is 5.69 Å². The zero-order valence-corrected chi connectivity index (χ0v) is 16.1.